The number of rotatable bonds is 7. The van der Waals surface area contributed by atoms with Gasteiger partial charge < -0.3 is 26.2 Å². The molecule has 2 heterocycles. The maximum absolute atomic E-state index is 14.4. The lowest BCUT2D eigenvalue weighted by molar-refractivity contribution is 0.0695. The topological polar surface area (TPSA) is 201 Å². The van der Waals surface area contributed by atoms with Gasteiger partial charge in [0.2, 0.25) is 0 Å². The lowest BCUT2D eigenvalue weighted by Crippen LogP contribution is -2.30. The molecule has 13 nitrogen and oxygen atoms in total. The van der Waals surface area contributed by atoms with Crippen LogP contribution in [0.5, 0.6) is 5.75 Å². The summed E-state index contributed by atoms with van der Waals surface area (Å²) >= 11 is 0. The largest absolute Gasteiger partial charge is 0.483 e. The van der Waals surface area contributed by atoms with E-state index in [-0.39, 0.29) is 35.9 Å². The summed E-state index contributed by atoms with van der Waals surface area (Å²) in [5, 5.41) is 24.0. The van der Waals surface area contributed by atoms with Crippen LogP contribution in [0.1, 0.15) is 71.9 Å². The Morgan fingerprint density at radius 1 is 1.14 bits per heavy atom. The molecule has 7 N–H and O–H groups in total. The van der Waals surface area contributed by atoms with E-state index in [1.54, 1.807) is 31.2 Å². The van der Waals surface area contributed by atoms with Gasteiger partial charge in [0.1, 0.15) is 29.4 Å². The Kier molecular flexibility index (Phi) is 7.80. The minimum atomic E-state index is -1.03. The first kappa shape index (κ1) is 28.2. The Morgan fingerprint density at radius 2 is 1.90 bits per heavy atom. The van der Waals surface area contributed by atoms with E-state index in [4.69, 9.17) is 15.7 Å². The summed E-state index contributed by atoms with van der Waals surface area (Å²) in [4.78, 5) is 49.9. The number of hydrogen-bond donors (Lipinski definition) is 6. The normalized spacial score (nSPS) is 15.5. The molecule has 0 spiro atoms. The second-order valence-corrected chi connectivity index (χ2v) is 9.60. The molecule has 1 aromatic heterocycles. The number of aromatic nitrogens is 2. The molecule has 1 atom stereocenters. The summed E-state index contributed by atoms with van der Waals surface area (Å²) in [5.41, 5.74) is 10.3. The smallest absolute Gasteiger partial charge is 0.335 e. The summed E-state index contributed by atoms with van der Waals surface area (Å²) < 4.78 is 19.9. The molecular formula is C28H26FN7O6. The van der Waals surface area contributed by atoms with Crippen LogP contribution in [-0.2, 0) is 13.0 Å². The zero-order chi connectivity index (χ0) is 30.0. The molecule has 3 aromatic rings. The third kappa shape index (κ3) is 5.60. The summed E-state index contributed by atoms with van der Waals surface area (Å²) in [6.07, 6.45) is 1.72. The first-order valence-corrected chi connectivity index (χ1v) is 12.8. The number of carboxylic acids is 1. The molecule has 1 aliphatic heterocycles. The van der Waals surface area contributed by atoms with E-state index in [1.807, 2.05) is 5.48 Å². The first-order chi connectivity index (χ1) is 20.2. The molecule has 14 heteroatoms. The van der Waals surface area contributed by atoms with E-state index in [0.29, 0.717) is 41.6 Å². The van der Waals surface area contributed by atoms with Crippen LogP contribution >= 0.6 is 0 Å². The molecule has 0 saturated heterocycles. The van der Waals surface area contributed by atoms with Gasteiger partial charge in [-0.15, -0.1) is 0 Å². The standard InChI is InChI=1S/C28H26FN7O6/c1-13-15-5-6-19(17(15)4-3-16(13)28(39)40)35-27(38)22-9-21(33-25(34-22)18(29)10-30)26(37)31-11-14-2-7-23-20(8-14)32-24(36-41)12-42-23/h2-4,7-10,19,41H,5-6,11-12,30H2,1H3,(H,31,37)(H,32,36)(H,35,38)(H,39,40)/b18-10+. The Bertz CT molecular complexity index is 1670. The van der Waals surface area contributed by atoms with Crippen LogP contribution in [-0.4, -0.2) is 50.5 Å². The van der Waals surface area contributed by atoms with E-state index in [0.717, 1.165) is 17.2 Å². The number of fused-ring (bicyclic) bond motifs is 2. The summed E-state index contributed by atoms with van der Waals surface area (Å²) in [7, 11) is 0. The maximum atomic E-state index is 14.4. The van der Waals surface area contributed by atoms with E-state index in [1.165, 1.54) is 6.07 Å². The summed E-state index contributed by atoms with van der Waals surface area (Å²) in [6, 6.07) is 8.93. The fourth-order valence-corrected chi connectivity index (χ4v) is 4.89. The van der Waals surface area contributed by atoms with Crippen molar-refractivity contribution in [1.29, 1.82) is 0 Å². The number of nitrogens with two attached hydrogens (primary N) is 1. The highest BCUT2D eigenvalue weighted by atomic mass is 19.1. The molecule has 2 aliphatic rings. The Labute approximate surface area is 238 Å². The molecule has 1 aliphatic carbocycles. The number of ether oxygens (including phenoxy) is 1. The number of hydroxylamine groups is 1. The first-order valence-electron chi connectivity index (χ1n) is 12.8. The van der Waals surface area contributed by atoms with Gasteiger partial charge in [-0.2, -0.15) is 0 Å². The second kappa shape index (κ2) is 11.6. The number of carboxylic acid groups (broad SMARTS) is 1. The van der Waals surface area contributed by atoms with Crippen molar-refractivity contribution in [1.82, 2.24) is 26.1 Å². The number of aromatic carboxylic acids is 1. The molecule has 0 saturated carbocycles. The third-order valence-electron chi connectivity index (χ3n) is 7.01. The third-order valence-corrected chi connectivity index (χ3v) is 7.01. The molecule has 1 unspecified atom stereocenters. The molecule has 216 valence electrons. The van der Waals surface area contributed by atoms with Crippen molar-refractivity contribution >= 4 is 35.1 Å². The number of hydrogen-bond acceptors (Lipinski definition) is 10. The molecule has 0 fully saturated rings. The molecule has 42 heavy (non-hydrogen) atoms. The van der Waals surface area contributed by atoms with Crippen molar-refractivity contribution in [2.45, 2.75) is 32.4 Å². The lowest BCUT2D eigenvalue weighted by Gasteiger charge is -2.17. The summed E-state index contributed by atoms with van der Waals surface area (Å²) in [6.45, 7) is 1.85. The fourth-order valence-electron chi connectivity index (χ4n) is 4.89. The second-order valence-electron chi connectivity index (χ2n) is 9.60. The van der Waals surface area contributed by atoms with E-state index in [2.05, 4.69) is 25.6 Å². The van der Waals surface area contributed by atoms with Gasteiger partial charge in [0.05, 0.1) is 11.6 Å². The molecular weight excluding hydrogens is 549 g/mol. The number of carbonyl (C=O) groups excluding carboxylic acids is 2. The maximum Gasteiger partial charge on any atom is 0.335 e. The van der Waals surface area contributed by atoms with Gasteiger partial charge in [-0.3, -0.25) is 20.3 Å². The molecule has 0 radical (unpaired) electrons. The quantitative estimate of drug-likeness (QED) is 0.227. The van der Waals surface area contributed by atoms with Gasteiger partial charge in [-0.05, 0) is 60.2 Å². The number of carbonyl (C=O) groups is 3. The fraction of sp³-hybridized carbons (Fsp3) is 0.214. The SMILES string of the molecule is Cc1c(C(=O)O)ccc2c1CCC2NC(=O)c1cc(C(=O)NCc2ccc3c(c2)N=C(NO)CO3)nc(/C(F)=C\N)n1. The molecule has 2 amide bonds. The van der Waals surface area contributed by atoms with Crippen molar-refractivity contribution in [3.05, 3.63) is 87.6 Å². The van der Waals surface area contributed by atoms with E-state index in [9.17, 15) is 23.9 Å². The summed E-state index contributed by atoms with van der Waals surface area (Å²) in [5.74, 6) is -3.23. The number of amidine groups is 1. The zero-order valence-corrected chi connectivity index (χ0v) is 22.3. The number of nitrogens with zero attached hydrogens (tertiary/aromatic N) is 3. The number of benzene rings is 2. The van der Waals surface area contributed by atoms with Crippen molar-refractivity contribution in [2.75, 3.05) is 6.61 Å². The van der Waals surface area contributed by atoms with Gasteiger partial charge >= 0.3 is 5.97 Å². The highest BCUT2D eigenvalue weighted by Crippen LogP contribution is 2.35. The molecule has 5 rings (SSSR count). The Morgan fingerprint density at radius 3 is 2.62 bits per heavy atom. The van der Waals surface area contributed by atoms with Crippen LogP contribution in [0, 0.1) is 6.92 Å². The predicted molar refractivity (Wildman–Crippen MR) is 147 cm³/mol. The van der Waals surface area contributed by atoms with Crippen LogP contribution < -0.4 is 26.6 Å². The van der Waals surface area contributed by atoms with Crippen molar-refractivity contribution < 1.29 is 33.8 Å². The number of nitrogens with one attached hydrogen (secondary N) is 3. The molecule has 0 bridgehead atoms. The highest BCUT2D eigenvalue weighted by molar-refractivity contribution is 5.98. The van der Waals surface area contributed by atoms with Crippen LogP contribution in [0.25, 0.3) is 5.83 Å². The van der Waals surface area contributed by atoms with Crippen LogP contribution in [0.3, 0.4) is 0 Å². The number of amides is 2. The highest BCUT2D eigenvalue weighted by Gasteiger charge is 2.28. The predicted octanol–water partition coefficient (Wildman–Crippen LogP) is 2.46. The van der Waals surface area contributed by atoms with E-state index < -0.39 is 35.5 Å². The molecule has 2 aromatic carbocycles. The van der Waals surface area contributed by atoms with Crippen LogP contribution in [0.4, 0.5) is 10.1 Å². The van der Waals surface area contributed by atoms with Gasteiger partial charge in [-0.25, -0.2) is 24.1 Å². The van der Waals surface area contributed by atoms with Crippen molar-refractivity contribution in [3.63, 3.8) is 0 Å². The van der Waals surface area contributed by atoms with Crippen LogP contribution in [0.15, 0.2) is 47.6 Å². The zero-order valence-electron chi connectivity index (χ0n) is 22.3. The van der Waals surface area contributed by atoms with Crippen LogP contribution in [0.2, 0.25) is 0 Å². The van der Waals surface area contributed by atoms with Gasteiger partial charge in [0.15, 0.2) is 17.5 Å². The number of aliphatic imine (C=N–C) groups is 1. The van der Waals surface area contributed by atoms with E-state index >= 15 is 0 Å². The average Bonchev–Trinajstić information content (AvgIpc) is 3.41. The van der Waals surface area contributed by atoms with Crippen molar-refractivity contribution in [3.8, 4) is 5.75 Å². The van der Waals surface area contributed by atoms with Gasteiger partial charge in [0.25, 0.3) is 11.8 Å². The minimum Gasteiger partial charge on any atom is -0.483 e. The number of halogens is 1. The van der Waals surface area contributed by atoms with Gasteiger partial charge in [-0.1, -0.05) is 12.1 Å². The minimum absolute atomic E-state index is 0.0378. The Balaban J connectivity index is 1.35. The van der Waals surface area contributed by atoms with Crippen molar-refractivity contribution in [2.24, 2.45) is 10.7 Å². The Hall–Kier alpha value is -5.37. The van der Waals surface area contributed by atoms with Gasteiger partial charge in [0, 0.05) is 18.8 Å². The average molecular weight is 576 g/mol. The lowest BCUT2D eigenvalue weighted by atomic mass is 9.98. The monoisotopic (exact) mass is 575 g/mol.